The third-order valence-corrected chi connectivity index (χ3v) is 6.23. The summed E-state index contributed by atoms with van der Waals surface area (Å²) < 4.78 is 5.84. The van der Waals surface area contributed by atoms with E-state index in [0.29, 0.717) is 10.1 Å². The lowest BCUT2D eigenvalue weighted by Gasteiger charge is -2.06. The Balaban J connectivity index is 1.52. The average Bonchev–Trinajstić information content (AvgIpc) is 3.10. The molecule has 0 spiro atoms. The molecule has 5 heteroatoms. The first-order valence-corrected chi connectivity index (χ1v) is 12.0. The zero-order valence-electron chi connectivity index (χ0n) is 18.7. The fraction of sp³-hybridized carbons (Fsp3) is 0.385. The molecule has 1 heterocycles. The van der Waals surface area contributed by atoms with Crippen LogP contribution in [0.2, 0.25) is 0 Å². The van der Waals surface area contributed by atoms with Crippen molar-refractivity contribution in [3.05, 3.63) is 64.1 Å². The number of unbranched alkanes of at least 4 members (excludes halogenated alkanes) is 5. The van der Waals surface area contributed by atoms with Gasteiger partial charge in [0.15, 0.2) is 5.17 Å². The quantitative estimate of drug-likeness (QED) is 0.324. The van der Waals surface area contributed by atoms with Crippen LogP contribution < -0.4 is 10.1 Å². The van der Waals surface area contributed by atoms with Crippen molar-refractivity contribution in [2.24, 2.45) is 4.99 Å². The molecule has 0 unspecified atom stereocenters. The van der Waals surface area contributed by atoms with Crippen molar-refractivity contribution in [2.45, 2.75) is 59.3 Å². The standard InChI is InChI=1S/C26H32N2O2S/c1-4-5-6-7-8-9-16-30-23-14-11-21(12-15-23)18-24-25(29)28-26(31-24)27-22-13-10-19(2)20(3)17-22/h10-15,17-18H,4-9,16H2,1-3H3,(H,27,28,29)/b24-18+. The largest absolute Gasteiger partial charge is 0.494 e. The van der Waals surface area contributed by atoms with Gasteiger partial charge in [0.05, 0.1) is 17.2 Å². The monoisotopic (exact) mass is 436 g/mol. The van der Waals surface area contributed by atoms with E-state index in [0.717, 1.165) is 30.0 Å². The van der Waals surface area contributed by atoms with E-state index in [4.69, 9.17) is 4.74 Å². The second-order valence-corrected chi connectivity index (χ2v) is 8.97. The summed E-state index contributed by atoms with van der Waals surface area (Å²) in [4.78, 5) is 17.5. The van der Waals surface area contributed by atoms with E-state index >= 15 is 0 Å². The lowest BCUT2D eigenvalue weighted by Crippen LogP contribution is -2.19. The predicted octanol–water partition coefficient (Wildman–Crippen LogP) is 6.93. The van der Waals surface area contributed by atoms with E-state index in [1.54, 1.807) is 0 Å². The number of hydrogen-bond donors (Lipinski definition) is 1. The number of amidine groups is 1. The highest BCUT2D eigenvalue weighted by atomic mass is 32.2. The number of nitrogens with zero attached hydrogens (tertiary/aromatic N) is 1. The van der Waals surface area contributed by atoms with Gasteiger partial charge in [-0.3, -0.25) is 4.79 Å². The Hall–Kier alpha value is -2.53. The number of benzene rings is 2. The van der Waals surface area contributed by atoms with Crippen molar-refractivity contribution in [1.82, 2.24) is 5.32 Å². The van der Waals surface area contributed by atoms with E-state index in [1.165, 1.54) is 55.0 Å². The van der Waals surface area contributed by atoms with Gasteiger partial charge in [0, 0.05) is 0 Å². The molecule has 0 radical (unpaired) electrons. The number of nitrogens with one attached hydrogen (secondary N) is 1. The fourth-order valence-corrected chi connectivity index (χ4v) is 4.12. The lowest BCUT2D eigenvalue weighted by atomic mass is 10.1. The number of amides is 1. The number of hydrogen-bond acceptors (Lipinski definition) is 4. The molecule has 4 nitrogen and oxygen atoms in total. The SMILES string of the molecule is CCCCCCCCOc1ccc(/C=C2/SC(=Nc3ccc(C)c(C)c3)NC2=O)cc1. The summed E-state index contributed by atoms with van der Waals surface area (Å²) in [5, 5.41) is 3.46. The topological polar surface area (TPSA) is 50.7 Å². The predicted molar refractivity (Wildman–Crippen MR) is 132 cm³/mol. The van der Waals surface area contributed by atoms with Crippen LogP contribution in [-0.4, -0.2) is 17.7 Å². The molecule has 0 aliphatic carbocycles. The minimum Gasteiger partial charge on any atom is -0.494 e. The van der Waals surface area contributed by atoms with Gasteiger partial charge in [0.2, 0.25) is 0 Å². The molecule has 1 saturated heterocycles. The van der Waals surface area contributed by atoms with E-state index in [9.17, 15) is 4.79 Å². The highest BCUT2D eigenvalue weighted by molar-refractivity contribution is 8.18. The zero-order valence-corrected chi connectivity index (χ0v) is 19.6. The van der Waals surface area contributed by atoms with Crippen molar-refractivity contribution in [1.29, 1.82) is 0 Å². The summed E-state index contributed by atoms with van der Waals surface area (Å²) in [6, 6.07) is 13.9. The molecule has 0 bridgehead atoms. The van der Waals surface area contributed by atoms with Crippen LogP contribution in [0.4, 0.5) is 5.69 Å². The second-order valence-electron chi connectivity index (χ2n) is 7.94. The van der Waals surface area contributed by atoms with Crippen LogP contribution in [-0.2, 0) is 4.79 Å². The number of carbonyl (C=O) groups is 1. The molecule has 31 heavy (non-hydrogen) atoms. The molecule has 1 aliphatic heterocycles. The first-order chi connectivity index (χ1) is 15.0. The van der Waals surface area contributed by atoms with E-state index in [2.05, 4.69) is 31.1 Å². The van der Waals surface area contributed by atoms with Crippen LogP contribution in [0, 0.1) is 13.8 Å². The maximum Gasteiger partial charge on any atom is 0.264 e. The Morgan fingerprint density at radius 1 is 0.968 bits per heavy atom. The Bertz CT molecular complexity index is 948. The smallest absolute Gasteiger partial charge is 0.264 e. The molecule has 164 valence electrons. The summed E-state index contributed by atoms with van der Waals surface area (Å²) in [7, 11) is 0. The van der Waals surface area contributed by atoms with Gasteiger partial charge in [0.25, 0.3) is 5.91 Å². The molecular weight excluding hydrogens is 404 g/mol. The number of aryl methyl sites for hydroxylation is 2. The number of carbonyl (C=O) groups excluding carboxylic acids is 1. The molecular formula is C26H32N2O2S. The van der Waals surface area contributed by atoms with Crippen molar-refractivity contribution < 1.29 is 9.53 Å². The third kappa shape index (κ3) is 7.28. The summed E-state index contributed by atoms with van der Waals surface area (Å²) in [6.45, 7) is 7.12. The number of rotatable bonds is 10. The number of aliphatic imine (C=N–C) groups is 1. The fourth-order valence-electron chi connectivity index (χ4n) is 3.28. The summed E-state index contributed by atoms with van der Waals surface area (Å²) >= 11 is 1.37. The average molecular weight is 437 g/mol. The summed E-state index contributed by atoms with van der Waals surface area (Å²) in [5.41, 5.74) is 4.23. The number of thioether (sulfide) groups is 1. The molecule has 1 aliphatic rings. The third-order valence-electron chi connectivity index (χ3n) is 5.32. The Labute approximate surface area is 190 Å². The van der Waals surface area contributed by atoms with Gasteiger partial charge in [-0.15, -0.1) is 0 Å². The van der Waals surface area contributed by atoms with Crippen LogP contribution in [0.1, 0.15) is 62.1 Å². The molecule has 2 aromatic rings. The van der Waals surface area contributed by atoms with Gasteiger partial charge in [0.1, 0.15) is 5.75 Å². The van der Waals surface area contributed by atoms with Crippen LogP contribution in [0.3, 0.4) is 0 Å². The lowest BCUT2D eigenvalue weighted by molar-refractivity contribution is -0.115. The molecule has 3 rings (SSSR count). The molecule has 2 aromatic carbocycles. The Morgan fingerprint density at radius 2 is 1.71 bits per heavy atom. The van der Waals surface area contributed by atoms with Crippen molar-refractivity contribution in [3.8, 4) is 5.75 Å². The normalized spacial score (nSPS) is 16.2. The van der Waals surface area contributed by atoms with Gasteiger partial charge in [-0.2, -0.15) is 0 Å². The van der Waals surface area contributed by atoms with Crippen LogP contribution >= 0.6 is 11.8 Å². The van der Waals surface area contributed by atoms with Crippen LogP contribution in [0.15, 0.2) is 52.4 Å². The van der Waals surface area contributed by atoms with Crippen LogP contribution in [0.25, 0.3) is 6.08 Å². The van der Waals surface area contributed by atoms with Crippen LogP contribution in [0.5, 0.6) is 5.75 Å². The van der Waals surface area contributed by atoms with E-state index in [1.807, 2.05) is 48.5 Å². The summed E-state index contributed by atoms with van der Waals surface area (Å²) in [6.07, 6.45) is 9.42. The van der Waals surface area contributed by atoms with Gasteiger partial charge in [-0.1, -0.05) is 57.2 Å². The van der Waals surface area contributed by atoms with Crippen molar-refractivity contribution in [2.75, 3.05) is 6.61 Å². The first-order valence-electron chi connectivity index (χ1n) is 11.1. The summed E-state index contributed by atoms with van der Waals surface area (Å²) in [5.74, 6) is 0.757. The van der Waals surface area contributed by atoms with Gasteiger partial charge in [-0.25, -0.2) is 4.99 Å². The molecule has 0 atom stereocenters. The number of ether oxygens (including phenoxy) is 1. The molecule has 1 fully saturated rings. The first kappa shape index (κ1) is 23.1. The molecule has 1 amide bonds. The van der Waals surface area contributed by atoms with Crippen molar-refractivity contribution in [3.63, 3.8) is 0 Å². The highest BCUT2D eigenvalue weighted by Gasteiger charge is 2.23. The van der Waals surface area contributed by atoms with Gasteiger partial charge in [-0.05, 0) is 79.1 Å². The molecule has 1 N–H and O–H groups in total. The minimum absolute atomic E-state index is 0.115. The van der Waals surface area contributed by atoms with Crippen molar-refractivity contribution >= 4 is 34.6 Å². The minimum atomic E-state index is -0.115. The van der Waals surface area contributed by atoms with Gasteiger partial charge >= 0.3 is 0 Å². The Morgan fingerprint density at radius 3 is 2.45 bits per heavy atom. The maximum atomic E-state index is 12.3. The maximum absolute atomic E-state index is 12.3. The highest BCUT2D eigenvalue weighted by Crippen LogP contribution is 2.29. The van der Waals surface area contributed by atoms with E-state index < -0.39 is 0 Å². The second kappa shape index (κ2) is 11.8. The molecule has 0 saturated carbocycles. The Kier molecular flexibility index (Phi) is 8.77. The zero-order chi connectivity index (χ0) is 22.1. The van der Waals surface area contributed by atoms with Gasteiger partial charge < -0.3 is 10.1 Å². The molecule has 0 aromatic heterocycles. The van der Waals surface area contributed by atoms with E-state index in [-0.39, 0.29) is 5.91 Å².